The van der Waals surface area contributed by atoms with Gasteiger partial charge in [0.15, 0.2) is 0 Å². The fraction of sp³-hybridized carbons (Fsp3) is 1.00. The van der Waals surface area contributed by atoms with E-state index in [0.717, 1.165) is 44.9 Å². The first-order chi connectivity index (χ1) is 17.8. The van der Waals surface area contributed by atoms with Gasteiger partial charge in [0.1, 0.15) is 12.2 Å². The van der Waals surface area contributed by atoms with Gasteiger partial charge in [0.25, 0.3) is 0 Å². The van der Waals surface area contributed by atoms with Crippen LogP contribution in [0.15, 0.2) is 0 Å². The molecule has 0 N–H and O–H groups in total. The van der Waals surface area contributed by atoms with E-state index in [-0.39, 0.29) is 125 Å². The first-order valence-corrected chi connectivity index (χ1v) is 17.7. The van der Waals surface area contributed by atoms with Gasteiger partial charge in [-0.1, -0.05) is 20.8 Å². The summed E-state index contributed by atoms with van der Waals surface area (Å²) in [6, 6.07) is 0. The average Bonchev–Trinajstić information content (AvgIpc) is 3.12. The molecule has 4 fully saturated rings. The van der Waals surface area contributed by atoms with Crippen molar-refractivity contribution < 1.29 is 140 Å². The number of fused-ring (bicyclic) bond motifs is 5. The van der Waals surface area contributed by atoms with E-state index in [2.05, 4.69) is 29.1 Å². The standard InChI is InChI=1S/C24H42O12S3.3Na/c1-15(5-4-12-34-37(25,26)27)18-8-9-19-17-7-6-16-13-21(35-38(28,29)30)22(36-39(31,32)33)14-24(16,3)20(17)10-11-23(18,19)2;;;/h15-22H,4-14H2,1-3H3,(H,25,26,27)(H,28,29,30)(H,31,32,33);;;/q;3*+1/p-3/t15-,16-,17-,18+,19-,20-,21-,22-,23+,24-;;;/m0.../s1. The fourth-order valence-corrected chi connectivity index (χ4v) is 10.8. The van der Waals surface area contributed by atoms with E-state index in [0.29, 0.717) is 30.1 Å². The predicted octanol–water partition coefficient (Wildman–Crippen LogP) is -6.15. The number of hydrogen-bond acceptors (Lipinski definition) is 12. The number of hydrogen-bond donors (Lipinski definition) is 0. The van der Waals surface area contributed by atoms with Crippen LogP contribution >= 0.6 is 0 Å². The van der Waals surface area contributed by atoms with E-state index in [1.165, 1.54) is 0 Å². The monoisotopic (exact) mass is 684 g/mol. The van der Waals surface area contributed by atoms with Crippen molar-refractivity contribution in [2.45, 2.75) is 97.2 Å². The molecule has 0 radical (unpaired) electrons. The maximum absolute atomic E-state index is 11.5. The Labute approximate surface area is 317 Å². The van der Waals surface area contributed by atoms with Crippen LogP contribution in [0.5, 0.6) is 0 Å². The third-order valence-corrected chi connectivity index (χ3v) is 12.3. The van der Waals surface area contributed by atoms with E-state index in [4.69, 9.17) is 4.18 Å². The molecule has 0 saturated heterocycles. The van der Waals surface area contributed by atoms with Gasteiger partial charge in [-0.2, -0.15) is 0 Å². The van der Waals surface area contributed by atoms with E-state index < -0.39 is 48.8 Å². The van der Waals surface area contributed by atoms with Crippen LogP contribution in [-0.4, -0.2) is 57.7 Å². The minimum atomic E-state index is -5.15. The maximum Gasteiger partial charge on any atom is 1.00 e. The molecule has 0 bridgehead atoms. The summed E-state index contributed by atoms with van der Waals surface area (Å²) in [5, 5.41) is 0. The Hall–Kier alpha value is 2.61. The fourth-order valence-electron chi connectivity index (χ4n) is 9.48. The third-order valence-electron chi connectivity index (χ3n) is 10.9. The van der Waals surface area contributed by atoms with Crippen molar-refractivity contribution in [3.63, 3.8) is 0 Å². The summed E-state index contributed by atoms with van der Waals surface area (Å²) in [7, 11) is -15.0. The first kappa shape index (κ1) is 42.6. The Kier molecular flexibility index (Phi) is 16.1. The molecule has 0 amide bonds. The van der Waals surface area contributed by atoms with E-state index >= 15 is 0 Å². The van der Waals surface area contributed by atoms with Crippen molar-refractivity contribution in [1.29, 1.82) is 0 Å². The van der Waals surface area contributed by atoms with Crippen molar-refractivity contribution in [1.82, 2.24) is 0 Å². The first-order valence-electron chi connectivity index (χ1n) is 13.7. The van der Waals surface area contributed by atoms with Gasteiger partial charge in [-0.05, 0) is 111 Å². The second-order valence-electron chi connectivity index (χ2n) is 12.8. The zero-order valence-corrected chi connectivity index (χ0v) is 34.0. The Morgan fingerprint density at radius 2 is 1.33 bits per heavy atom. The molecule has 228 valence electrons. The summed E-state index contributed by atoms with van der Waals surface area (Å²) < 4.78 is 114. The van der Waals surface area contributed by atoms with Crippen molar-refractivity contribution in [2.24, 2.45) is 46.3 Å². The summed E-state index contributed by atoms with van der Waals surface area (Å²) in [6.07, 6.45) is 4.48. The Bertz CT molecular complexity index is 1230. The Morgan fingerprint density at radius 1 is 0.762 bits per heavy atom. The van der Waals surface area contributed by atoms with Gasteiger partial charge in [-0.15, -0.1) is 0 Å². The van der Waals surface area contributed by atoms with Gasteiger partial charge in [-0.3, -0.25) is 12.5 Å². The molecular formula is C24H39Na3O12S3. The largest absolute Gasteiger partial charge is 1.00 e. The Morgan fingerprint density at radius 3 is 1.90 bits per heavy atom. The smallest absolute Gasteiger partial charge is 0.726 e. The maximum atomic E-state index is 11.5. The second kappa shape index (κ2) is 15.9. The van der Waals surface area contributed by atoms with E-state index in [1.54, 1.807) is 0 Å². The van der Waals surface area contributed by atoms with Crippen LogP contribution in [0, 0.1) is 46.3 Å². The predicted molar refractivity (Wildman–Crippen MR) is 134 cm³/mol. The van der Waals surface area contributed by atoms with Crippen LogP contribution in [0.4, 0.5) is 0 Å². The Balaban J connectivity index is 0.00000294. The van der Waals surface area contributed by atoms with Gasteiger partial charge < -0.3 is 13.7 Å². The van der Waals surface area contributed by atoms with Crippen molar-refractivity contribution >= 4 is 31.2 Å². The van der Waals surface area contributed by atoms with E-state index in [9.17, 15) is 38.9 Å². The van der Waals surface area contributed by atoms with Gasteiger partial charge >= 0.3 is 88.7 Å². The minimum Gasteiger partial charge on any atom is -0.726 e. The topological polar surface area (TPSA) is 199 Å². The van der Waals surface area contributed by atoms with Gasteiger partial charge in [-0.25, -0.2) is 25.3 Å². The van der Waals surface area contributed by atoms with Crippen LogP contribution in [0.2, 0.25) is 0 Å². The molecule has 10 atom stereocenters. The van der Waals surface area contributed by atoms with Crippen LogP contribution in [0.3, 0.4) is 0 Å². The molecule has 4 aliphatic rings. The molecule has 0 heterocycles. The van der Waals surface area contributed by atoms with Gasteiger partial charge in [0.05, 0.1) is 6.61 Å². The van der Waals surface area contributed by atoms with Crippen LogP contribution in [0.25, 0.3) is 0 Å². The molecule has 18 heteroatoms. The van der Waals surface area contributed by atoms with Gasteiger partial charge in [0, 0.05) is 0 Å². The molecule has 0 spiro atoms. The molecule has 0 aromatic heterocycles. The normalized spacial score (nSPS) is 38.9. The summed E-state index contributed by atoms with van der Waals surface area (Å²) >= 11 is 0. The zero-order chi connectivity index (χ0) is 29.0. The second-order valence-corrected chi connectivity index (χ2v) is 15.8. The van der Waals surface area contributed by atoms with Crippen LogP contribution in [-0.2, 0) is 43.7 Å². The van der Waals surface area contributed by atoms with Crippen molar-refractivity contribution in [3.8, 4) is 0 Å². The quantitative estimate of drug-likeness (QED) is 0.0915. The molecule has 0 aromatic carbocycles. The summed E-state index contributed by atoms with van der Waals surface area (Å²) in [5.74, 6) is 1.80. The molecule has 4 rings (SSSR count). The molecule has 4 aliphatic carbocycles. The molecule has 42 heavy (non-hydrogen) atoms. The van der Waals surface area contributed by atoms with Crippen molar-refractivity contribution in [2.75, 3.05) is 6.61 Å². The summed E-state index contributed by atoms with van der Waals surface area (Å²) in [5.41, 5.74) is -0.322. The molecule has 0 aliphatic heterocycles. The van der Waals surface area contributed by atoms with Crippen LogP contribution < -0.4 is 88.7 Å². The van der Waals surface area contributed by atoms with Crippen molar-refractivity contribution in [3.05, 3.63) is 0 Å². The van der Waals surface area contributed by atoms with Crippen LogP contribution in [0.1, 0.15) is 85.0 Å². The molecular weight excluding hydrogens is 645 g/mol. The van der Waals surface area contributed by atoms with E-state index in [1.807, 2.05) is 0 Å². The third kappa shape index (κ3) is 10.1. The number of rotatable bonds is 10. The SMILES string of the molecule is C[C@@H](CCCOS(=O)(=O)[O-])[C@H]1CC[C@H]2[C@@H]3CC[C@H]4C[C@H](OS(=O)(=O)[O-])[C@@H](OS(=O)(=O)[O-])C[C@]4(C)[C@H]3CC[C@]12C.[Na+].[Na+].[Na+]. The summed E-state index contributed by atoms with van der Waals surface area (Å²) in [4.78, 5) is 0. The molecule has 0 unspecified atom stereocenters. The minimum absolute atomic E-state index is 0. The van der Waals surface area contributed by atoms with Gasteiger partial charge in [0.2, 0.25) is 31.2 Å². The molecule has 12 nitrogen and oxygen atoms in total. The zero-order valence-electron chi connectivity index (χ0n) is 25.5. The average molecular weight is 685 g/mol. The molecule has 4 saturated carbocycles. The summed E-state index contributed by atoms with van der Waals surface area (Å²) in [6.45, 7) is 6.47. The molecule has 0 aromatic rings.